The van der Waals surface area contributed by atoms with Gasteiger partial charge in [0.25, 0.3) is 11.8 Å². The molecule has 8 heteroatoms. The summed E-state index contributed by atoms with van der Waals surface area (Å²) in [7, 11) is -4.40. The molecule has 2 heterocycles. The SMILES string of the molecule is Cc1ccc2c(c1)Oc1nc(F)c(F)c(S(=O)(=O)c3ccccc3)c1O2. The van der Waals surface area contributed by atoms with Gasteiger partial charge in [0.2, 0.25) is 21.4 Å². The van der Waals surface area contributed by atoms with E-state index in [4.69, 9.17) is 9.47 Å². The van der Waals surface area contributed by atoms with Crippen LogP contribution in [0.4, 0.5) is 8.78 Å². The van der Waals surface area contributed by atoms with Crippen LogP contribution >= 0.6 is 0 Å². The van der Waals surface area contributed by atoms with Crippen LogP contribution in [0, 0.1) is 18.7 Å². The average Bonchev–Trinajstić information content (AvgIpc) is 2.62. The minimum absolute atomic E-state index is 0.181. The number of fused-ring (bicyclic) bond motifs is 2. The number of sulfone groups is 1. The minimum atomic E-state index is -4.40. The third-order valence-electron chi connectivity index (χ3n) is 3.82. The van der Waals surface area contributed by atoms with Crippen molar-refractivity contribution in [3.05, 3.63) is 65.9 Å². The zero-order valence-electron chi connectivity index (χ0n) is 13.4. The first kappa shape index (κ1) is 16.5. The molecule has 0 spiro atoms. The first-order chi connectivity index (χ1) is 12.4. The molecule has 0 radical (unpaired) electrons. The molecule has 0 aliphatic carbocycles. The lowest BCUT2D eigenvalue weighted by Crippen LogP contribution is -2.13. The van der Waals surface area contributed by atoms with Crippen molar-refractivity contribution in [3.8, 4) is 23.1 Å². The number of hydrogen-bond acceptors (Lipinski definition) is 5. The predicted octanol–water partition coefficient (Wildman–Crippen LogP) is 4.40. The smallest absolute Gasteiger partial charge is 0.267 e. The molecule has 132 valence electrons. The fourth-order valence-electron chi connectivity index (χ4n) is 2.59. The van der Waals surface area contributed by atoms with Gasteiger partial charge in [-0.2, -0.15) is 9.37 Å². The number of aromatic nitrogens is 1. The zero-order chi connectivity index (χ0) is 18.5. The summed E-state index contributed by atoms with van der Waals surface area (Å²) in [5.74, 6) is -3.72. The van der Waals surface area contributed by atoms with E-state index in [1.54, 1.807) is 24.3 Å². The van der Waals surface area contributed by atoms with Crippen molar-refractivity contribution < 1.29 is 26.7 Å². The molecular formula is C18H11F2NO4S. The van der Waals surface area contributed by atoms with Gasteiger partial charge < -0.3 is 9.47 Å². The molecule has 1 aliphatic rings. The summed E-state index contributed by atoms with van der Waals surface area (Å²) in [5.41, 5.74) is 0.843. The Labute approximate surface area is 147 Å². The minimum Gasteiger partial charge on any atom is -0.446 e. The van der Waals surface area contributed by atoms with Gasteiger partial charge in [-0.05, 0) is 36.8 Å². The van der Waals surface area contributed by atoms with Crippen molar-refractivity contribution in [1.82, 2.24) is 4.98 Å². The summed E-state index contributed by atoms with van der Waals surface area (Å²) in [6, 6.07) is 12.0. The Morgan fingerprint density at radius 1 is 0.962 bits per heavy atom. The van der Waals surface area contributed by atoms with Crippen molar-refractivity contribution in [2.75, 3.05) is 0 Å². The molecule has 2 aromatic carbocycles. The van der Waals surface area contributed by atoms with E-state index in [1.807, 2.05) is 6.92 Å². The van der Waals surface area contributed by atoms with Crippen LogP contribution in [0.2, 0.25) is 0 Å². The summed E-state index contributed by atoms with van der Waals surface area (Å²) in [6.07, 6.45) is 0. The van der Waals surface area contributed by atoms with Crippen molar-refractivity contribution >= 4 is 9.84 Å². The van der Waals surface area contributed by atoms with Crippen LogP contribution in [-0.4, -0.2) is 13.4 Å². The van der Waals surface area contributed by atoms with Gasteiger partial charge in [-0.1, -0.05) is 24.3 Å². The molecule has 1 aliphatic heterocycles. The van der Waals surface area contributed by atoms with Crippen molar-refractivity contribution in [1.29, 1.82) is 0 Å². The average molecular weight is 375 g/mol. The maximum Gasteiger partial charge on any atom is 0.267 e. The molecule has 0 unspecified atom stereocenters. The number of ether oxygens (including phenoxy) is 2. The summed E-state index contributed by atoms with van der Waals surface area (Å²) in [5, 5.41) is 0. The number of hydrogen-bond donors (Lipinski definition) is 0. The topological polar surface area (TPSA) is 65.5 Å². The number of benzene rings is 2. The molecule has 26 heavy (non-hydrogen) atoms. The highest BCUT2D eigenvalue weighted by molar-refractivity contribution is 7.91. The summed E-state index contributed by atoms with van der Waals surface area (Å²) < 4.78 is 65.2. The van der Waals surface area contributed by atoms with Crippen LogP contribution in [0.25, 0.3) is 0 Å². The molecular weight excluding hydrogens is 364 g/mol. The Kier molecular flexibility index (Phi) is 3.66. The first-order valence-electron chi connectivity index (χ1n) is 7.53. The molecule has 3 aromatic rings. The maximum atomic E-state index is 14.5. The molecule has 0 bridgehead atoms. The number of halogens is 2. The Morgan fingerprint density at radius 2 is 1.69 bits per heavy atom. The fourth-order valence-corrected chi connectivity index (χ4v) is 4.03. The van der Waals surface area contributed by atoms with Crippen molar-refractivity contribution in [2.45, 2.75) is 16.7 Å². The van der Waals surface area contributed by atoms with Crippen LogP contribution in [0.3, 0.4) is 0 Å². The van der Waals surface area contributed by atoms with Crippen LogP contribution in [0.5, 0.6) is 23.1 Å². The van der Waals surface area contributed by atoms with Crippen LogP contribution in [-0.2, 0) is 9.84 Å². The summed E-state index contributed by atoms with van der Waals surface area (Å²) >= 11 is 0. The van der Waals surface area contributed by atoms with Gasteiger partial charge in [0.15, 0.2) is 16.4 Å². The van der Waals surface area contributed by atoms with E-state index in [0.29, 0.717) is 0 Å². The lowest BCUT2D eigenvalue weighted by atomic mass is 10.2. The van der Waals surface area contributed by atoms with Gasteiger partial charge in [-0.25, -0.2) is 12.8 Å². The highest BCUT2D eigenvalue weighted by Gasteiger charge is 2.36. The lowest BCUT2D eigenvalue weighted by molar-refractivity contribution is 0.318. The molecule has 0 N–H and O–H groups in total. The van der Waals surface area contributed by atoms with E-state index in [2.05, 4.69) is 4.98 Å². The lowest BCUT2D eigenvalue weighted by Gasteiger charge is -2.22. The summed E-state index contributed by atoms with van der Waals surface area (Å²) in [6.45, 7) is 1.81. The molecule has 0 saturated heterocycles. The molecule has 5 nitrogen and oxygen atoms in total. The number of aryl methyl sites for hydroxylation is 1. The standard InChI is InChI=1S/C18H11F2NO4S/c1-10-7-8-12-13(9-10)25-18-15(24-12)16(14(19)17(20)21-18)26(22,23)11-5-3-2-4-6-11/h2-9H,1H3. The second kappa shape index (κ2) is 5.77. The highest BCUT2D eigenvalue weighted by atomic mass is 32.2. The summed E-state index contributed by atoms with van der Waals surface area (Å²) in [4.78, 5) is 2.21. The van der Waals surface area contributed by atoms with Gasteiger partial charge in [0.1, 0.15) is 0 Å². The van der Waals surface area contributed by atoms with E-state index in [1.165, 1.54) is 24.3 Å². The predicted molar refractivity (Wildman–Crippen MR) is 87.4 cm³/mol. The van der Waals surface area contributed by atoms with Gasteiger partial charge in [0.05, 0.1) is 4.90 Å². The molecule has 0 atom stereocenters. The highest BCUT2D eigenvalue weighted by Crippen LogP contribution is 2.49. The van der Waals surface area contributed by atoms with Gasteiger partial charge >= 0.3 is 0 Å². The third kappa shape index (κ3) is 2.50. The zero-order valence-corrected chi connectivity index (χ0v) is 14.2. The maximum absolute atomic E-state index is 14.5. The monoisotopic (exact) mass is 375 g/mol. The van der Waals surface area contributed by atoms with E-state index in [-0.39, 0.29) is 16.4 Å². The van der Waals surface area contributed by atoms with Gasteiger partial charge in [-0.3, -0.25) is 0 Å². The first-order valence-corrected chi connectivity index (χ1v) is 9.02. The van der Waals surface area contributed by atoms with E-state index in [0.717, 1.165) is 5.56 Å². The van der Waals surface area contributed by atoms with Crippen LogP contribution < -0.4 is 9.47 Å². The molecule has 0 amide bonds. The largest absolute Gasteiger partial charge is 0.446 e. The van der Waals surface area contributed by atoms with E-state index in [9.17, 15) is 17.2 Å². The fraction of sp³-hybridized carbons (Fsp3) is 0.0556. The molecule has 1 aromatic heterocycles. The Hall–Kier alpha value is -3.00. The molecule has 4 rings (SSSR count). The molecule has 0 fully saturated rings. The Morgan fingerprint density at radius 3 is 2.42 bits per heavy atom. The quantitative estimate of drug-likeness (QED) is 0.486. The van der Waals surface area contributed by atoms with Gasteiger partial charge in [0, 0.05) is 0 Å². The number of rotatable bonds is 2. The van der Waals surface area contributed by atoms with Crippen molar-refractivity contribution in [2.24, 2.45) is 0 Å². The van der Waals surface area contributed by atoms with E-state index >= 15 is 0 Å². The second-order valence-electron chi connectivity index (χ2n) is 5.65. The second-order valence-corrected chi connectivity index (χ2v) is 7.54. The number of nitrogens with zero attached hydrogens (tertiary/aromatic N) is 1. The Bertz CT molecular complexity index is 1130. The molecule has 0 saturated carbocycles. The van der Waals surface area contributed by atoms with Crippen LogP contribution in [0.1, 0.15) is 5.56 Å². The third-order valence-corrected chi connectivity index (χ3v) is 5.62. The van der Waals surface area contributed by atoms with Crippen molar-refractivity contribution in [3.63, 3.8) is 0 Å². The van der Waals surface area contributed by atoms with Gasteiger partial charge in [-0.15, -0.1) is 0 Å². The number of pyridine rings is 1. The normalized spacial score (nSPS) is 12.6. The van der Waals surface area contributed by atoms with E-state index < -0.39 is 38.1 Å². The Balaban J connectivity index is 1.96. The van der Waals surface area contributed by atoms with Crippen LogP contribution in [0.15, 0.2) is 58.3 Å².